The van der Waals surface area contributed by atoms with E-state index in [4.69, 9.17) is 20.4 Å². The fourth-order valence-electron chi connectivity index (χ4n) is 1.50. The summed E-state index contributed by atoms with van der Waals surface area (Å²) in [5.41, 5.74) is 0. The molecule has 0 aliphatic carbocycles. The van der Waals surface area contributed by atoms with E-state index in [1.807, 2.05) is 0 Å². The highest BCUT2D eigenvalue weighted by atomic mass is 16.7. The topological polar surface area (TPSA) is 186 Å². The first kappa shape index (κ1) is 19.1. The van der Waals surface area contributed by atoms with Gasteiger partial charge < -0.3 is 39.4 Å². The molecule has 0 aromatic rings. The Hall–Kier alpha value is -2.92. The second-order valence-electron chi connectivity index (χ2n) is 3.68. The highest BCUT2D eigenvalue weighted by Gasteiger charge is 2.38. The molecule has 4 N–H and O–H groups in total. The normalized spacial score (nSPS) is 14.0. The molecule has 126 valence electrons. The highest BCUT2D eigenvalue weighted by Crippen LogP contribution is 2.17. The molecule has 0 aromatic heterocycles. The Labute approximate surface area is 122 Å². The van der Waals surface area contributed by atoms with Gasteiger partial charge in [0.05, 0.1) is 0 Å². The zero-order valence-electron chi connectivity index (χ0n) is 11.2. The molecule has 0 amide bonds. The molecule has 0 rings (SSSR count). The lowest BCUT2D eigenvalue weighted by Gasteiger charge is -2.29. The van der Waals surface area contributed by atoms with E-state index >= 15 is 0 Å². The lowest BCUT2D eigenvalue weighted by Crippen LogP contribution is -2.47. The Morgan fingerprint density at radius 2 is 1.23 bits per heavy atom. The van der Waals surface area contributed by atoms with Crippen LogP contribution in [0.15, 0.2) is 0 Å². The van der Waals surface area contributed by atoms with Crippen LogP contribution in [-0.4, -0.2) is 70.0 Å². The van der Waals surface area contributed by atoms with Gasteiger partial charge in [0.2, 0.25) is 0 Å². The first-order chi connectivity index (χ1) is 10.2. The summed E-state index contributed by atoms with van der Waals surface area (Å²) in [6, 6.07) is 0. The number of carbonyl (C=O) groups is 4. The van der Waals surface area contributed by atoms with Gasteiger partial charge in [-0.2, -0.15) is 0 Å². The molecule has 3 atom stereocenters. The van der Waals surface area contributed by atoms with Gasteiger partial charge in [-0.15, -0.1) is 0 Å². The third-order valence-electron chi connectivity index (χ3n) is 2.25. The summed E-state index contributed by atoms with van der Waals surface area (Å²) in [7, 11) is 0. The minimum absolute atomic E-state index is 0.100. The van der Waals surface area contributed by atoms with Crippen LogP contribution in [0.1, 0.15) is 13.3 Å². The molecule has 0 fully saturated rings. The standard InChI is InChI=1S/C10H14O12/c1-2-4(20-8(13)14)6(22-10(17)18)5(21-9(15)16)3-19-7(11)12/h4-6H,2-3H2,1H3,(H,11,12)(H,13,14)(H,15,16)(H,17,18). The number of rotatable bonds is 8. The van der Waals surface area contributed by atoms with E-state index in [1.165, 1.54) is 6.92 Å². The Balaban J connectivity index is 5.30. The van der Waals surface area contributed by atoms with E-state index in [0.29, 0.717) is 0 Å². The van der Waals surface area contributed by atoms with Crippen LogP contribution in [0.2, 0.25) is 0 Å². The zero-order chi connectivity index (χ0) is 17.3. The predicted octanol–water partition coefficient (Wildman–Crippen LogP) is 1.28. The monoisotopic (exact) mass is 326 g/mol. The maximum Gasteiger partial charge on any atom is 0.506 e. The average Bonchev–Trinajstić information content (AvgIpc) is 2.37. The van der Waals surface area contributed by atoms with Gasteiger partial charge in [0.25, 0.3) is 0 Å². The maximum atomic E-state index is 10.7. The fourth-order valence-corrected chi connectivity index (χ4v) is 1.50. The number of carboxylic acid groups (broad SMARTS) is 4. The van der Waals surface area contributed by atoms with E-state index in [9.17, 15) is 19.2 Å². The second-order valence-corrected chi connectivity index (χ2v) is 3.68. The molecule has 0 heterocycles. The van der Waals surface area contributed by atoms with Crippen molar-refractivity contribution in [1.82, 2.24) is 0 Å². The van der Waals surface area contributed by atoms with E-state index in [0.717, 1.165) is 0 Å². The SMILES string of the molecule is CCC(OC(=O)O)C(OC(=O)O)C(COC(=O)O)OC(=O)O. The molecule has 0 saturated heterocycles. The van der Waals surface area contributed by atoms with Crippen molar-refractivity contribution in [2.45, 2.75) is 31.7 Å². The third kappa shape index (κ3) is 7.62. The van der Waals surface area contributed by atoms with Gasteiger partial charge in [-0.05, 0) is 6.42 Å². The van der Waals surface area contributed by atoms with Crippen molar-refractivity contribution in [3.05, 3.63) is 0 Å². The number of hydrogen-bond donors (Lipinski definition) is 4. The Morgan fingerprint density at radius 1 is 0.773 bits per heavy atom. The van der Waals surface area contributed by atoms with Crippen LogP contribution >= 0.6 is 0 Å². The highest BCUT2D eigenvalue weighted by molar-refractivity contribution is 5.60. The van der Waals surface area contributed by atoms with Gasteiger partial charge in [0.1, 0.15) is 12.7 Å². The van der Waals surface area contributed by atoms with Crippen LogP contribution in [0.25, 0.3) is 0 Å². The minimum Gasteiger partial charge on any atom is -0.450 e. The molecule has 0 aliphatic heterocycles. The molecule has 22 heavy (non-hydrogen) atoms. The van der Waals surface area contributed by atoms with Crippen LogP contribution in [-0.2, 0) is 18.9 Å². The van der Waals surface area contributed by atoms with Crippen LogP contribution in [0.3, 0.4) is 0 Å². The molecule has 0 aliphatic rings. The van der Waals surface area contributed by atoms with Gasteiger partial charge in [-0.25, -0.2) is 19.2 Å². The molecule has 0 radical (unpaired) electrons. The van der Waals surface area contributed by atoms with Crippen molar-refractivity contribution in [1.29, 1.82) is 0 Å². The first-order valence-electron chi connectivity index (χ1n) is 5.71. The first-order valence-corrected chi connectivity index (χ1v) is 5.71. The minimum atomic E-state index is -1.87. The summed E-state index contributed by atoms with van der Waals surface area (Å²) >= 11 is 0. The molecular weight excluding hydrogens is 312 g/mol. The number of hydrogen-bond acceptors (Lipinski definition) is 8. The summed E-state index contributed by atoms with van der Waals surface area (Å²) < 4.78 is 17.2. The van der Waals surface area contributed by atoms with Crippen molar-refractivity contribution in [3.8, 4) is 0 Å². The second kappa shape index (κ2) is 9.10. The molecule has 0 bridgehead atoms. The van der Waals surface area contributed by atoms with E-state index in [1.54, 1.807) is 0 Å². The molecule has 3 unspecified atom stereocenters. The van der Waals surface area contributed by atoms with Gasteiger partial charge in [0.15, 0.2) is 12.2 Å². The molecule has 0 spiro atoms. The van der Waals surface area contributed by atoms with Crippen molar-refractivity contribution in [2.75, 3.05) is 6.61 Å². The molecule has 12 heteroatoms. The smallest absolute Gasteiger partial charge is 0.450 e. The Bertz CT molecular complexity index is 418. The van der Waals surface area contributed by atoms with Crippen molar-refractivity contribution < 1.29 is 58.6 Å². The third-order valence-corrected chi connectivity index (χ3v) is 2.25. The van der Waals surface area contributed by atoms with Crippen molar-refractivity contribution >= 4 is 24.6 Å². The van der Waals surface area contributed by atoms with E-state index < -0.39 is 49.5 Å². The predicted molar refractivity (Wildman–Crippen MR) is 63.0 cm³/mol. The Kier molecular flexibility index (Phi) is 7.89. The average molecular weight is 326 g/mol. The van der Waals surface area contributed by atoms with Gasteiger partial charge in [-0.3, -0.25) is 0 Å². The summed E-state index contributed by atoms with van der Waals surface area (Å²) in [6.45, 7) is 0.487. The molecule has 0 saturated carbocycles. The van der Waals surface area contributed by atoms with Crippen LogP contribution in [0.5, 0.6) is 0 Å². The molecule has 0 aromatic carbocycles. The number of ether oxygens (including phenoxy) is 4. The van der Waals surface area contributed by atoms with Gasteiger partial charge in [-0.1, -0.05) is 6.92 Å². The Morgan fingerprint density at radius 3 is 1.59 bits per heavy atom. The molecule has 12 nitrogen and oxygen atoms in total. The zero-order valence-corrected chi connectivity index (χ0v) is 11.2. The largest absolute Gasteiger partial charge is 0.506 e. The summed E-state index contributed by atoms with van der Waals surface area (Å²) in [5, 5.41) is 34.2. The van der Waals surface area contributed by atoms with Crippen molar-refractivity contribution in [3.63, 3.8) is 0 Å². The summed E-state index contributed by atoms with van der Waals surface area (Å²) in [4.78, 5) is 42.2. The van der Waals surface area contributed by atoms with Gasteiger partial charge in [0, 0.05) is 0 Å². The van der Waals surface area contributed by atoms with Crippen LogP contribution in [0, 0.1) is 0 Å². The van der Waals surface area contributed by atoms with Crippen molar-refractivity contribution in [2.24, 2.45) is 0 Å². The van der Waals surface area contributed by atoms with E-state index in [-0.39, 0.29) is 6.42 Å². The summed E-state index contributed by atoms with van der Waals surface area (Å²) in [6.07, 6.45) is -12.3. The summed E-state index contributed by atoms with van der Waals surface area (Å²) in [5.74, 6) is 0. The lowest BCUT2D eigenvalue weighted by molar-refractivity contribution is -0.113. The molecular formula is C10H14O12. The van der Waals surface area contributed by atoms with Crippen LogP contribution in [0.4, 0.5) is 19.2 Å². The van der Waals surface area contributed by atoms with Crippen LogP contribution < -0.4 is 0 Å². The quantitative estimate of drug-likeness (QED) is 0.370. The fraction of sp³-hybridized carbons (Fsp3) is 0.600. The maximum absolute atomic E-state index is 10.7. The lowest BCUT2D eigenvalue weighted by atomic mass is 10.1. The van der Waals surface area contributed by atoms with E-state index in [2.05, 4.69) is 18.9 Å². The van der Waals surface area contributed by atoms with Gasteiger partial charge >= 0.3 is 24.6 Å².